The van der Waals surface area contributed by atoms with Gasteiger partial charge in [-0.3, -0.25) is 4.79 Å². The lowest BCUT2D eigenvalue weighted by atomic mass is 10.0. The first-order chi connectivity index (χ1) is 7.10. The van der Waals surface area contributed by atoms with E-state index in [9.17, 15) is 4.79 Å². The van der Waals surface area contributed by atoms with Gasteiger partial charge in [0.2, 0.25) is 0 Å². The van der Waals surface area contributed by atoms with E-state index < -0.39 is 4.83 Å². The SMILES string of the molecule is CC(=O)C(Br)c1ccc(CBr)cc1C#N. The molecule has 1 unspecified atom stereocenters. The van der Waals surface area contributed by atoms with Crippen molar-refractivity contribution in [1.29, 1.82) is 5.26 Å². The largest absolute Gasteiger partial charge is 0.298 e. The van der Waals surface area contributed by atoms with E-state index >= 15 is 0 Å². The first-order valence-corrected chi connectivity index (χ1v) is 6.37. The Labute approximate surface area is 106 Å². The molecule has 1 aromatic rings. The summed E-state index contributed by atoms with van der Waals surface area (Å²) in [6, 6.07) is 7.62. The van der Waals surface area contributed by atoms with Crippen molar-refractivity contribution in [3.05, 3.63) is 34.9 Å². The van der Waals surface area contributed by atoms with Crippen LogP contribution >= 0.6 is 31.9 Å². The fourth-order valence-corrected chi connectivity index (χ4v) is 1.97. The van der Waals surface area contributed by atoms with Crippen LogP contribution in [-0.4, -0.2) is 5.78 Å². The predicted octanol–water partition coefficient (Wildman–Crippen LogP) is 3.48. The third-order valence-corrected chi connectivity index (χ3v) is 3.81. The lowest BCUT2D eigenvalue weighted by Crippen LogP contribution is -2.03. The van der Waals surface area contributed by atoms with E-state index in [1.807, 2.05) is 12.1 Å². The summed E-state index contributed by atoms with van der Waals surface area (Å²) in [6.45, 7) is 1.50. The number of hydrogen-bond donors (Lipinski definition) is 0. The number of halogens is 2. The number of hydrogen-bond acceptors (Lipinski definition) is 2. The zero-order valence-electron chi connectivity index (χ0n) is 8.13. The van der Waals surface area contributed by atoms with Crippen LogP contribution in [-0.2, 0) is 10.1 Å². The van der Waals surface area contributed by atoms with Gasteiger partial charge in [0.05, 0.1) is 16.5 Å². The number of nitriles is 1. The van der Waals surface area contributed by atoms with Gasteiger partial charge in [-0.05, 0) is 24.1 Å². The Kier molecular flexibility index (Phi) is 4.49. The second-order valence-corrected chi connectivity index (χ2v) is 4.62. The quantitative estimate of drug-likeness (QED) is 0.796. The zero-order valence-corrected chi connectivity index (χ0v) is 11.3. The minimum Gasteiger partial charge on any atom is -0.298 e. The summed E-state index contributed by atoms with van der Waals surface area (Å²) >= 11 is 6.60. The first-order valence-electron chi connectivity index (χ1n) is 4.33. The number of ketones is 1. The Hall–Kier alpha value is -0.660. The average Bonchev–Trinajstić information content (AvgIpc) is 2.27. The van der Waals surface area contributed by atoms with Crippen LogP contribution in [0.1, 0.15) is 28.4 Å². The summed E-state index contributed by atoms with van der Waals surface area (Å²) in [5.74, 6) is -0.00177. The molecule has 2 nitrogen and oxygen atoms in total. The van der Waals surface area contributed by atoms with Crippen LogP contribution in [0.5, 0.6) is 0 Å². The summed E-state index contributed by atoms with van der Waals surface area (Å²) in [4.78, 5) is 10.8. The molecular weight excluding hydrogens is 322 g/mol. The molecule has 0 amide bonds. The fraction of sp³-hybridized carbons (Fsp3) is 0.273. The van der Waals surface area contributed by atoms with Gasteiger partial charge in [0.1, 0.15) is 5.78 Å². The highest BCUT2D eigenvalue weighted by atomic mass is 79.9. The summed E-state index contributed by atoms with van der Waals surface area (Å²) < 4.78 is 0. The predicted molar refractivity (Wildman–Crippen MR) is 66.1 cm³/mol. The molecule has 0 spiro atoms. The lowest BCUT2D eigenvalue weighted by Gasteiger charge is -2.09. The number of benzene rings is 1. The third kappa shape index (κ3) is 2.90. The molecule has 0 aromatic heterocycles. The van der Waals surface area contributed by atoms with Gasteiger partial charge in [0, 0.05) is 5.33 Å². The molecule has 0 saturated carbocycles. The third-order valence-electron chi connectivity index (χ3n) is 2.02. The second-order valence-electron chi connectivity index (χ2n) is 3.14. The smallest absolute Gasteiger partial charge is 0.147 e. The van der Waals surface area contributed by atoms with Crippen molar-refractivity contribution < 1.29 is 4.79 Å². The van der Waals surface area contributed by atoms with E-state index in [2.05, 4.69) is 37.9 Å². The highest BCUT2D eigenvalue weighted by Gasteiger charge is 2.16. The van der Waals surface area contributed by atoms with Crippen LogP contribution in [0, 0.1) is 11.3 Å². The zero-order chi connectivity index (χ0) is 11.4. The molecule has 0 aliphatic rings. The molecule has 4 heteroatoms. The van der Waals surface area contributed by atoms with Crippen LogP contribution in [0.15, 0.2) is 18.2 Å². The molecule has 0 radical (unpaired) electrons. The highest BCUT2D eigenvalue weighted by Crippen LogP contribution is 2.27. The minimum absolute atomic E-state index is 0.00177. The number of carbonyl (C=O) groups is 1. The first kappa shape index (κ1) is 12.4. The van der Waals surface area contributed by atoms with Crippen LogP contribution in [0.2, 0.25) is 0 Å². The van der Waals surface area contributed by atoms with Gasteiger partial charge in [-0.1, -0.05) is 44.0 Å². The maximum absolute atomic E-state index is 11.2. The molecule has 1 aromatic carbocycles. The Balaban J connectivity index is 3.20. The summed E-state index contributed by atoms with van der Waals surface area (Å²) in [5, 5.41) is 9.67. The van der Waals surface area contributed by atoms with Gasteiger partial charge in [0.25, 0.3) is 0 Å². The fourth-order valence-electron chi connectivity index (χ4n) is 1.22. The number of nitrogens with zero attached hydrogens (tertiary/aromatic N) is 1. The molecule has 0 bridgehead atoms. The van der Waals surface area contributed by atoms with Gasteiger partial charge in [-0.15, -0.1) is 0 Å². The second kappa shape index (κ2) is 5.43. The normalized spacial score (nSPS) is 11.9. The standard InChI is InChI=1S/C11H9Br2NO/c1-7(15)11(13)10-3-2-8(5-12)4-9(10)6-14/h2-4,11H,5H2,1H3. The van der Waals surface area contributed by atoms with Gasteiger partial charge >= 0.3 is 0 Å². The van der Waals surface area contributed by atoms with E-state index in [0.29, 0.717) is 10.9 Å². The summed E-state index contributed by atoms with van der Waals surface area (Å²) in [7, 11) is 0. The molecule has 0 saturated heterocycles. The minimum atomic E-state index is -0.392. The van der Waals surface area contributed by atoms with E-state index in [-0.39, 0.29) is 5.78 Å². The Bertz CT molecular complexity index is 423. The van der Waals surface area contributed by atoms with Crippen molar-refractivity contribution in [3.8, 4) is 6.07 Å². The van der Waals surface area contributed by atoms with Crippen LogP contribution < -0.4 is 0 Å². The number of alkyl halides is 2. The molecule has 78 valence electrons. The molecule has 0 heterocycles. The summed E-state index contributed by atoms with van der Waals surface area (Å²) in [5.41, 5.74) is 2.30. The molecular formula is C11H9Br2NO. The molecule has 1 atom stereocenters. The van der Waals surface area contributed by atoms with Crippen molar-refractivity contribution in [2.45, 2.75) is 17.1 Å². The Morgan fingerprint density at radius 1 is 1.60 bits per heavy atom. The number of rotatable bonds is 3. The van der Waals surface area contributed by atoms with Gasteiger partial charge < -0.3 is 0 Å². The van der Waals surface area contributed by atoms with Crippen LogP contribution in [0.3, 0.4) is 0 Å². The van der Waals surface area contributed by atoms with Gasteiger partial charge in [0.15, 0.2) is 0 Å². The van der Waals surface area contributed by atoms with E-state index in [0.717, 1.165) is 11.1 Å². The van der Waals surface area contributed by atoms with Crippen molar-refractivity contribution in [1.82, 2.24) is 0 Å². The van der Waals surface area contributed by atoms with Crippen LogP contribution in [0.4, 0.5) is 0 Å². The molecule has 0 aliphatic carbocycles. The monoisotopic (exact) mass is 329 g/mol. The number of Topliss-reactive ketones (excluding diaryl/α,β-unsaturated/α-hetero) is 1. The molecule has 0 fully saturated rings. The van der Waals surface area contributed by atoms with E-state index in [1.165, 1.54) is 6.92 Å². The maximum Gasteiger partial charge on any atom is 0.147 e. The number of carbonyl (C=O) groups excluding carboxylic acids is 1. The molecule has 0 N–H and O–H groups in total. The van der Waals surface area contributed by atoms with Crippen molar-refractivity contribution in [2.75, 3.05) is 0 Å². The average molecular weight is 331 g/mol. The Morgan fingerprint density at radius 3 is 2.73 bits per heavy atom. The Morgan fingerprint density at radius 2 is 2.27 bits per heavy atom. The van der Waals surface area contributed by atoms with Gasteiger partial charge in [-0.25, -0.2) is 0 Å². The van der Waals surface area contributed by atoms with Crippen molar-refractivity contribution >= 4 is 37.6 Å². The highest BCUT2D eigenvalue weighted by molar-refractivity contribution is 9.09. The maximum atomic E-state index is 11.2. The topological polar surface area (TPSA) is 40.9 Å². The van der Waals surface area contributed by atoms with Crippen molar-refractivity contribution in [2.24, 2.45) is 0 Å². The van der Waals surface area contributed by atoms with E-state index in [1.54, 1.807) is 6.07 Å². The van der Waals surface area contributed by atoms with Crippen LogP contribution in [0.25, 0.3) is 0 Å². The molecule has 0 aliphatic heterocycles. The summed E-state index contributed by atoms with van der Waals surface area (Å²) in [6.07, 6.45) is 0. The molecule has 15 heavy (non-hydrogen) atoms. The van der Waals surface area contributed by atoms with Crippen molar-refractivity contribution in [3.63, 3.8) is 0 Å². The van der Waals surface area contributed by atoms with Gasteiger partial charge in [-0.2, -0.15) is 5.26 Å². The lowest BCUT2D eigenvalue weighted by molar-refractivity contribution is -0.116. The molecule has 1 rings (SSSR count). The van der Waals surface area contributed by atoms with E-state index in [4.69, 9.17) is 5.26 Å².